The molecule has 6 heteroatoms. The van der Waals surface area contributed by atoms with E-state index in [9.17, 15) is 22.7 Å². The quantitative estimate of drug-likeness (QED) is 0.755. The number of benzene rings is 2. The largest absolute Gasteiger partial charge is 0.573 e. The third-order valence-electron chi connectivity index (χ3n) is 2.42. The van der Waals surface area contributed by atoms with E-state index in [4.69, 9.17) is 0 Å². The number of phenols is 1. The van der Waals surface area contributed by atoms with Crippen LogP contribution in [0, 0.1) is 12.7 Å². The molecule has 0 aromatic heterocycles. The lowest BCUT2D eigenvalue weighted by atomic mass is 10.0. The van der Waals surface area contributed by atoms with E-state index in [0.717, 1.165) is 6.07 Å². The van der Waals surface area contributed by atoms with Gasteiger partial charge in [-0.1, -0.05) is 19.9 Å². The predicted molar refractivity (Wildman–Crippen MR) is 68.3 cm³/mol. The number of alkyl halides is 3. The zero-order valence-corrected chi connectivity index (χ0v) is 11.2. The number of fused-ring (bicyclic) bond motifs is 1. The topological polar surface area (TPSA) is 29.5 Å². The van der Waals surface area contributed by atoms with Crippen molar-refractivity contribution in [1.82, 2.24) is 0 Å². The number of aromatic hydroxyl groups is 1. The Morgan fingerprint density at radius 3 is 2.25 bits per heavy atom. The van der Waals surface area contributed by atoms with Crippen molar-refractivity contribution < 1.29 is 27.4 Å². The number of hydrogen-bond acceptors (Lipinski definition) is 2. The highest BCUT2D eigenvalue weighted by atomic mass is 19.4. The molecule has 0 saturated carbocycles. The Labute approximate surface area is 113 Å². The summed E-state index contributed by atoms with van der Waals surface area (Å²) >= 11 is 0. The first-order valence-electron chi connectivity index (χ1n) is 5.95. The van der Waals surface area contributed by atoms with Crippen LogP contribution in [0.25, 0.3) is 10.8 Å². The number of aryl methyl sites for hydroxylation is 1. The Kier molecular flexibility index (Phi) is 4.81. The van der Waals surface area contributed by atoms with Crippen LogP contribution in [0.2, 0.25) is 0 Å². The van der Waals surface area contributed by atoms with Crippen molar-refractivity contribution in [3.8, 4) is 11.5 Å². The van der Waals surface area contributed by atoms with E-state index in [-0.39, 0.29) is 16.5 Å². The lowest BCUT2D eigenvalue weighted by Crippen LogP contribution is -2.18. The summed E-state index contributed by atoms with van der Waals surface area (Å²) in [6.45, 7) is 5.46. The smallest absolute Gasteiger partial charge is 0.508 e. The van der Waals surface area contributed by atoms with Gasteiger partial charge in [0.25, 0.3) is 0 Å². The summed E-state index contributed by atoms with van der Waals surface area (Å²) in [5.41, 5.74) is 0.295. The molecule has 0 aliphatic heterocycles. The molecule has 0 atom stereocenters. The van der Waals surface area contributed by atoms with Crippen LogP contribution in [0.1, 0.15) is 19.4 Å². The summed E-state index contributed by atoms with van der Waals surface area (Å²) < 4.78 is 53.8. The van der Waals surface area contributed by atoms with Gasteiger partial charge in [-0.05, 0) is 36.1 Å². The van der Waals surface area contributed by atoms with Gasteiger partial charge in [0, 0.05) is 5.39 Å². The molecular weight excluding hydrogens is 276 g/mol. The third-order valence-corrected chi connectivity index (χ3v) is 2.42. The van der Waals surface area contributed by atoms with Crippen molar-refractivity contribution in [3.05, 3.63) is 35.6 Å². The monoisotopic (exact) mass is 290 g/mol. The molecule has 0 aliphatic rings. The molecule has 2 rings (SSSR count). The second-order valence-electron chi connectivity index (χ2n) is 3.79. The molecule has 0 aliphatic carbocycles. The van der Waals surface area contributed by atoms with Gasteiger partial charge in [-0.2, -0.15) is 0 Å². The van der Waals surface area contributed by atoms with Crippen LogP contribution in [-0.2, 0) is 0 Å². The van der Waals surface area contributed by atoms with E-state index in [1.807, 2.05) is 13.8 Å². The summed E-state index contributed by atoms with van der Waals surface area (Å²) in [6, 6.07) is 4.62. The fraction of sp³-hybridized carbons (Fsp3) is 0.286. The summed E-state index contributed by atoms with van der Waals surface area (Å²) in [4.78, 5) is 0. The van der Waals surface area contributed by atoms with Crippen LogP contribution in [0.3, 0.4) is 0 Å². The van der Waals surface area contributed by atoms with Crippen molar-refractivity contribution in [1.29, 1.82) is 0 Å². The highest BCUT2D eigenvalue weighted by Gasteiger charge is 2.33. The van der Waals surface area contributed by atoms with Gasteiger partial charge in [0.05, 0.1) is 0 Å². The molecule has 0 spiro atoms. The zero-order chi connectivity index (χ0) is 15.5. The maximum Gasteiger partial charge on any atom is 0.573 e. The van der Waals surface area contributed by atoms with Gasteiger partial charge in [-0.25, -0.2) is 4.39 Å². The van der Waals surface area contributed by atoms with Gasteiger partial charge in [0.1, 0.15) is 5.75 Å². The summed E-state index contributed by atoms with van der Waals surface area (Å²) in [7, 11) is 0. The number of ether oxygens (including phenoxy) is 1. The molecule has 110 valence electrons. The molecule has 0 saturated heterocycles. The van der Waals surface area contributed by atoms with Gasteiger partial charge in [0.15, 0.2) is 11.6 Å². The lowest BCUT2D eigenvalue weighted by molar-refractivity contribution is -0.275. The minimum absolute atomic E-state index is 0.00914. The summed E-state index contributed by atoms with van der Waals surface area (Å²) in [5.74, 6) is -2.09. The van der Waals surface area contributed by atoms with Crippen LogP contribution in [0.5, 0.6) is 11.5 Å². The van der Waals surface area contributed by atoms with Crippen molar-refractivity contribution in [2.24, 2.45) is 0 Å². The molecule has 1 N–H and O–H groups in total. The Bertz CT molecular complexity index is 606. The molecule has 2 nitrogen and oxygen atoms in total. The van der Waals surface area contributed by atoms with Crippen molar-refractivity contribution >= 4 is 10.8 Å². The van der Waals surface area contributed by atoms with Crippen LogP contribution in [-0.4, -0.2) is 11.5 Å². The Balaban J connectivity index is 0.000000956. The predicted octanol–water partition coefficient (Wildman–Crippen LogP) is 4.92. The van der Waals surface area contributed by atoms with Gasteiger partial charge >= 0.3 is 6.36 Å². The van der Waals surface area contributed by atoms with E-state index >= 15 is 0 Å². The van der Waals surface area contributed by atoms with Gasteiger partial charge in [0.2, 0.25) is 0 Å². The number of phenolic OH excluding ortho intramolecular Hbond substituents is 1. The van der Waals surface area contributed by atoms with E-state index in [1.165, 1.54) is 25.1 Å². The first-order chi connectivity index (χ1) is 9.28. The average Bonchev–Trinajstić information content (AvgIpc) is 2.33. The minimum Gasteiger partial charge on any atom is -0.508 e. The molecule has 0 unspecified atom stereocenters. The highest BCUT2D eigenvalue weighted by Crippen LogP contribution is 2.36. The molecule has 2 aromatic rings. The first kappa shape index (κ1) is 16.1. The van der Waals surface area contributed by atoms with Gasteiger partial charge in [-0.15, -0.1) is 13.2 Å². The molecule has 0 radical (unpaired) electrons. The fourth-order valence-electron chi connectivity index (χ4n) is 1.81. The normalized spacial score (nSPS) is 10.9. The molecule has 0 bridgehead atoms. The lowest BCUT2D eigenvalue weighted by Gasteiger charge is -2.14. The summed E-state index contributed by atoms with van der Waals surface area (Å²) in [6.07, 6.45) is -4.97. The van der Waals surface area contributed by atoms with Crippen LogP contribution in [0.4, 0.5) is 17.6 Å². The number of hydrogen-bond donors (Lipinski definition) is 1. The molecule has 0 amide bonds. The van der Waals surface area contributed by atoms with Gasteiger partial charge < -0.3 is 9.84 Å². The Hall–Kier alpha value is -1.98. The standard InChI is InChI=1S/C12H8F4O2.C2H6/c1-6-4-8(17)5-7-2-3-9(13)11(10(6)7)18-12(14,15)16;1-2/h2-5,17H,1H3;1-2H3. The van der Waals surface area contributed by atoms with Gasteiger partial charge in [-0.3, -0.25) is 0 Å². The minimum atomic E-state index is -4.97. The summed E-state index contributed by atoms with van der Waals surface area (Å²) in [5, 5.41) is 9.61. The average molecular weight is 290 g/mol. The van der Waals surface area contributed by atoms with Crippen molar-refractivity contribution in [2.45, 2.75) is 27.1 Å². The number of rotatable bonds is 1. The second-order valence-corrected chi connectivity index (χ2v) is 3.79. The molecular formula is C14H14F4O2. The third kappa shape index (κ3) is 3.53. The molecule has 20 heavy (non-hydrogen) atoms. The maximum atomic E-state index is 13.4. The zero-order valence-electron chi connectivity index (χ0n) is 11.2. The van der Waals surface area contributed by atoms with Crippen molar-refractivity contribution in [3.63, 3.8) is 0 Å². The van der Waals surface area contributed by atoms with E-state index in [0.29, 0.717) is 5.56 Å². The molecule has 0 heterocycles. The molecule has 2 aromatic carbocycles. The van der Waals surface area contributed by atoms with E-state index < -0.39 is 17.9 Å². The van der Waals surface area contributed by atoms with E-state index in [2.05, 4.69) is 4.74 Å². The Morgan fingerprint density at radius 2 is 1.70 bits per heavy atom. The molecule has 0 fully saturated rings. The second kappa shape index (κ2) is 5.98. The van der Waals surface area contributed by atoms with E-state index in [1.54, 1.807) is 0 Å². The number of halogens is 4. The first-order valence-corrected chi connectivity index (χ1v) is 5.95. The van der Waals surface area contributed by atoms with Crippen molar-refractivity contribution in [2.75, 3.05) is 0 Å². The fourth-order valence-corrected chi connectivity index (χ4v) is 1.81. The van der Waals surface area contributed by atoms with Crippen LogP contribution >= 0.6 is 0 Å². The van der Waals surface area contributed by atoms with Crippen LogP contribution in [0.15, 0.2) is 24.3 Å². The highest BCUT2D eigenvalue weighted by molar-refractivity contribution is 5.92. The maximum absolute atomic E-state index is 13.4. The van der Waals surface area contributed by atoms with Crippen LogP contribution < -0.4 is 4.74 Å². The SMILES string of the molecule is CC.Cc1cc(O)cc2ccc(F)c(OC(F)(F)F)c12. The Morgan fingerprint density at radius 1 is 1.10 bits per heavy atom.